The molecule has 0 aliphatic rings. The molecular formula is C32H49NO5. The Morgan fingerprint density at radius 3 is 2.16 bits per heavy atom. The number of allylic oxidation sites excluding steroid dienone is 3. The average molecular weight is 528 g/mol. The van der Waals surface area contributed by atoms with Gasteiger partial charge in [0, 0.05) is 30.1 Å². The molecule has 0 aliphatic carbocycles. The van der Waals surface area contributed by atoms with E-state index in [9.17, 15) is 20.1 Å². The number of aliphatic hydroxyl groups is 3. The van der Waals surface area contributed by atoms with E-state index in [2.05, 4.69) is 6.58 Å². The summed E-state index contributed by atoms with van der Waals surface area (Å²) in [7, 11) is 0. The van der Waals surface area contributed by atoms with Crippen LogP contribution in [-0.4, -0.2) is 45.8 Å². The monoisotopic (exact) mass is 527 g/mol. The van der Waals surface area contributed by atoms with Crippen molar-refractivity contribution in [3.05, 3.63) is 84.5 Å². The Morgan fingerprint density at radius 1 is 0.947 bits per heavy atom. The first-order chi connectivity index (χ1) is 17.9. The number of rotatable bonds is 16. The molecule has 5 N–H and O–H groups in total. The molecule has 1 rings (SSSR count). The predicted molar refractivity (Wildman–Crippen MR) is 155 cm³/mol. The molecular weight excluding hydrogens is 478 g/mol. The molecule has 1 aromatic rings. The highest BCUT2D eigenvalue weighted by Gasteiger charge is 2.33. The summed E-state index contributed by atoms with van der Waals surface area (Å²) in [5, 5.41) is 32.3. The van der Waals surface area contributed by atoms with E-state index in [1.165, 1.54) is 0 Å². The molecule has 0 saturated carbocycles. The second-order valence-electron chi connectivity index (χ2n) is 10.8. The van der Waals surface area contributed by atoms with Crippen molar-refractivity contribution >= 4 is 6.09 Å². The number of carbonyl (C=O) groups is 1. The SMILES string of the molecule is C=C/C=C\[C@H](C)[C@H](OC(N)=O)[C@@H](C)[C@H](O)[C@@H](C)C/C(C)=C\[C@H](C)[C@@H](O)[C@@H](C)/C=C\[C@@H](O)Cc1ccccc1. The molecule has 1 aromatic carbocycles. The van der Waals surface area contributed by atoms with E-state index in [-0.39, 0.29) is 29.6 Å². The molecule has 0 unspecified atom stereocenters. The summed E-state index contributed by atoms with van der Waals surface area (Å²) in [5.41, 5.74) is 7.41. The van der Waals surface area contributed by atoms with E-state index < -0.39 is 30.5 Å². The lowest BCUT2D eigenvalue weighted by Crippen LogP contribution is -2.41. The van der Waals surface area contributed by atoms with Crippen molar-refractivity contribution in [3.8, 4) is 0 Å². The van der Waals surface area contributed by atoms with Crippen LogP contribution in [0.2, 0.25) is 0 Å². The van der Waals surface area contributed by atoms with E-state index in [0.29, 0.717) is 12.8 Å². The summed E-state index contributed by atoms with van der Waals surface area (Å²) < 4.78 is 5.36. The standard InChI is InChI=1S/C32H49NO5/c1-8-9-13-23(4)31(38-32(33)37)26(7)30(36)25(6)19-21(2)18-24(5)29(35)22(3)16-17-28(34)20-27-14-11-10-12-15-27/h8-18,22-26,28-31,34-36H,1,19-20H2,2-7H3,(H2,33,37)/b13-9-,17-16-,21-18-/t22-,23-,24-,25-,26-,28+,29-,30+,31-/m0/s1. The maximum Gasteiger partial charge on any atom is 0.404 e. The minimum atomic E-state index is -0.866. The molecule has 6 nitrogen and oxygen atoms in total. The fourth-order valence-electron chi connectivity index (χ4n) is 4.97. The van der Waals surface area contributed by atoms with Crippen molar-refractivity contribution < 1.29 is 24.9 Å². The zero-order valence-electron chi connectivity index (χ0n) is 23.9. The molecule has 212 valence electrons. The van der Waals surface area contributed by atoms with Gasteiger partial charge >= 0.3 is 6.09 Å². The average Bonchev–Trinajstić information content (AvgIpc) is 2.87. The molecule has 9 atom stereocenters. The first kappa shape index (κ1) is 33.4. The Morgan fingerprint density at radius 2 is 1.58 bits per heavy atom. The zero-order chi connectivity index (χ0) is 28.8. The van der Waals surface area contributed by atoms with Gasteiger partial charge in [0.2, 0.25) is 0 Å². The number of carbonyl (C=O) groups excluding carboxylic acids is 1. The van der Waals surface area contributed by atoms with E-state index in [4.69, 9.17) is 10.5 Å². The van der Waals surface area contributed by atoms with Gasteiger partial charge in [-0.3, -0.25) is 0 Å². The Hall–Kier alpha value is -2.67. The summed E-state index contributed by atoms with van der Waals surface area (Å²) in [5.74, 6) is -0.849. The summed E-state index contributed by atoms with van der Waals surface area (Å²) in [6.45, 7) is 15.3. The summed E-state index contributed by atoms with van der Waals surface area (Å²) >= 11 is 0. The van der Waals surface area contributed by atoms with Gasteiger partial charge in [-0.2, -0.15) is 0 Å². The molecule has 0 aliphatic heterocycles. The smallest absolute Gasteiger partial charge is 0.404 e. The van der Waals surface area contributed by atoms with Crippen LogP contribution in [0.5, 0.6) is 0 Å². The number of hydrogen-bond acceptors (Lipinski definition) is 5. The molecule has 0 heterocycles. The van der Waals surface area contributed by atoms with Crippen LogP contribution in [0, 0.1) is 29.6 Å². The largest absolute Gasteiger partial charge is 0.445 e. The maximum atomic E-state index is 11.5. The second-order valence-corrected chi connectivity index (χ2v) is 10.8. The van der Waals surface area contributed by atoms with Crippen molar-refractivity contribution in [2.45, 2.75) is 78.8 Å². The molecule has 0 saturated heterocycles. The molecule has 1 amide bonds. The van der Waals surface area contributed by atoms with E-state index >= 15 is 0 Å². The van der Waals surface area contributed by atoms with Crippen molar-refractivity contribution in [3.63, 3.8) is 0 Å². The number of ether oxygens (including phenoxy) is 1. The highest BCUT2D eigenvalue weighted by Crippen LogP contribution is 2.29. The Bertz CT molecular complexity index is 925. The van der Waals surface area contributed by atoms with Crippen LogP contribution in [0.4, 0.5) is 4.79 Å². The number of hydrogen-bond donors (Lipinski definition) is 4. The minimum absolute atomic E-state index is 0.106. The lowest BCUT2D eigenvalue weighted by molar-refractivity contribution is -0.0266. The normalized spacial score (nSPS) is 19.8. The number of primary amides is 1. The first-order valence-electron chi connectivity index (χ1n) is 13.6. The Balaban J connectivity index is 2.75. The molecule has 38 heavy (non-hydrogen) atoms. The van der Waals surface area contributed by atoms with Crippen LogP contribution in [-0.2, 0) is 11.2 Å². The van der Waals surface area contributed by atoms with Gasteiger partial charge in [0.1, 0.15) is 6.10 Å². The van der Waals surface area contributed by atoms with Crippen molar-refractivity contribution in [1.29, 1.82) is 0 Å². The summed E-state index contributed by atoms with van der Waals surface area (Å²) in [6.07, 6.45) is 8.73. The zero-order valence-corrected chi connectivity index (χ0v) is 23.9. The van der Waals surface area contributed by atoms with E-state index in [1.807, 2.05) is 90.1 Å². The van der Waals surface area contributed by atoms with Gasteiger partial charge < -0.3 is 25.8 Å². The lowest BCUT2D eigenvalue weighted by Gasteiger charge is -2.33. The maximum absolute atomic E-state index is 11.5. The molecule has 0 spiro atoms. The minimum Gasteiger partial charge on any atom is -0.445 e. The van der Waals surface area contributed by atoms with Gasteiger partial charge in [0.05, 0.1) is 18.3 Å². The van der Waals surface area contributed by atoms with Gasteiger partial charge in [-0.15, -0.1) is 0 Å². The van der Waals surface area contributed by atoms with Gasteiger partial charge in [0.25, 0.3) is 0 Å². The molecule has 0 aromatic heterocycles. The molecule has 0 fully saturated rings. The third-order valence-electron chi connectivity index (χ3n) is 7.15. The van der Waals surface area contributed by atoms with Crippen LogP contribution in [0.1, 0.15) is 53.5 Å². The van der Waals surface area contributed by atoms with Crippen LogP contribution >= 0.6 is 0 Å². The summed E-state index contributed by atoms with van der Waals surface area (Å²) in [6, 6.07) is 9.81. The van der Waals surface area contributed by atoms with Crippen LogP contribution in [0.3, 0.4) is 0 Å². The quantitative estimate of drug-likeness (QED) is 0.165. The number of aliphatic hydroxyl groups excluding tert-OH is 3. The molecule has 6 heteroatoms. The third-order valence-corrected chi connectivity index (χ3v) is 7.15. The Kier molecular flexibility index (Phi) is 14.9. The highest BCUT2D eigenvalue weighted by atomic mass is 16.6. The van der Waals surface area contributed by atoms with Crippen molar-refractivity contribution in [2.75, 3.05) is 0 Å². The fourth-order valence-corrected chi connectivity index (χ4v) is 4.97. The van der Waals surface area contributed by atoms with Crippen LogP contribution < -0.4 is 5.73 Å². The van der Waals surface area contributed by atoms with Gasteiger partial charge in [-0.25, -0.2) is 4.79 Å². The van der Waals surface area contributed by atoms with E-state index in [1.54, 1.807) is 18.2 Å². The molecule has 0 radical (unpaired) electrons. The second kappa shape index (κ2) is 17.0. The number of benzene rings is 1. The van der Waals surface area contributed by atoms with Crippen molar-refractivity contribution in [1.82, 2.24) is 0 Å². The van der Waals surface area contributed by atoms with Gasteiger partial charge in [-0.1, -0.05) is 114 Å². The Labute approximate surface area is 229 Å². The predicted octanol–water partition coefficient (Wildman–Crippen LogP) is 5.59. The number of amides is 1. The fraction of sp³-hybridized carbons (Fsp3) is 0.531. The van der Waals surface area contributed by atoms with Crippen LogP contribution in [0.15, 0.2) is 78.9 Å². The van der Waals surface area contributed by atoms with Gasteiger partial charge in [-0.05, 0) is 24.8 Å². The third kappa shape index (κ3) is 11.8. The first-order valence-corrected chi connectivity index (χ1v) is 13.6. The lowest BCUT2D eigenvalue weighted by atomic mass is 9.81. The van der Waals surface area contributed by atoms with Crippen molar-refractivity contribution in [2.24, 2.45) is 35.3 Å². The number of nitrogens with two attached hydrogens (primary N) is 1. The van der Waals surface area contributed by atoms with Gasteiger partial charge in [0.15, 0.2) is 0 Å². The van der Waals surface area contributed by atoms with Crippen LogP contribution in [0.25, 0.3) is 0 Å². The molecule has 0 bridgehead atoms. The topological polar surface area (TPSA) is 113 Å². The highest BCUT2D eigenvalue weighted by molar-refractivity contribution is 5.64. The van der Waals surface area contributed by atoms with E-state index in [0.717, 1.165) is 11.1 Å². The summed E-state index contributed by atoms with van der Waals surface area (Å²) in [4.78, 5) is 11.5.